The summed E-state index contributed by atoms with van der Waals surface area (Å²) in [5.74, 6) is 16.3. The van der Waals surface area contributed by atoms with Crippen molar-refractivity contribution in [1.29, 1.82) is 0 Å². The van der Waals surface area contributed by atoms with Gasteiger partial charge in [0, 0.05) is 46.9 Å². The number of nitrogens with one attached hydrogen (secondary N) is 10. The first-order chi connectivity index (χ1) is 57.3. The molecule has 0 radical (unpaired) electrons. The van der Waals surface area contributed by atoms with E-state index in [9.17, 15) is 0 Å². The van der Waals surface area contributed by atoms with Crippen LogP contribution in [0.15, 0.2) is 111 Å². The molecule has 44 heteroatoms. The van der Waals surface area contributed by atoms with E-state index in [0.717, 1.165) is 51.6 Å². The number of hydrogen-bond acceptors (Lipinski definition) is 34. The number of imidazole rings is 5. The van der Waals surface area contributed by atoms with Gasteiger partial charge < -0.3 is 88.8 Å². The van der Waals surface area contributed by atoms with Gasteiger partial charge in [-0.05, 0) is 126 Å². The van der Waals surface area contributed by atoms with Crippen molar-refractivity contribution in [3.63, 3.8) is 0 Å². The van der Waals surface area contributed by atoms with Gasteiger partial charge in [-0.2, -0.15) is 74.8 Å². The van der Waals surface area contributed by atoms with E-state index in [4.69, 9.17) is 95.3 Å². The topological polar surface area (TPSA) is 453 Å². The molecule has 1 atom stereocenters. The van der Waals surface area contributed by atoms with E-state index in [0.29, 0.717) is 173 Å². The van der Waals surface area contributed by atoms with E-state index in [1.807, 2.05) is 70.7 Å². The highest BCUT2D eigenvalue weighted by Crippen LogP contribution is 2.30. The number of rotatable bonds is 27. The number of furan rings is 2. The maximum Gasteiger partial charge on any atom is 0.297 e. The molecule has 0 saturated carbocycles. The van der Waals surface area contributed by atoms with Crippen LogP contribution in [-0.4, -0.2) is 160 Å². The van der Waals surface area contributed by atoms with Gasteiger partial charge in [0.15, 0.2) is 70.5 Å². The predicted molar refractivity (Wildman–Crippen MR) is 451 cm³/mol. The van der Waals surface area contributed by atoms with E-state index in [1.165, 1.54) is 0 Å². The van der Waals surface area contributed by atoms with Gasteiger partial charge in [-0.25, -0.2) is 15.0 Å². The lowest BCUT2D eigenvalue weighted by atomic mass is 9.99. The summed E-state index contributed by atoms with van der Waals surface area (Å²) in [6, 6.07) is 18.9. The molecule has 0 amide bonds. The fourth-order valence-corrected chi connectivity index (χ4v) is 12.8. The largest absolute Gasteiger partial charge is 0.467 e. The number of fused-ring (bicyclic) bond motifs is 5. The van der Waals surface area contributed by atoms with Crippen molar-refractivity contribution < 1.29 is 37.3 Å². The average molecular weight is 1760 g/mol. The lowest BCUT2D eigenvalue weighted by Crippen LogP contribution is -2.17. The maximum atomic E-state index is 6.00. The van der Waals surface area contributed by atoms with Crippen LogP contribution in [0, 0.1) is 35.0 Å². The molecule has 15 aromatic heterocycles. The minimum Gasteiger partial charge on any atom is -0.467 e. The zero-order valence-electron chi connectivity index (χ0n) is 63.6. The molecule has 1 fully saturated rings. The maximum absolute atomic E-state index is 6.00. The zero-order valence-corrected chi connectivity index (χ0v) is 69.8. The second-order valence-corrected chi connectivity index (χ2v) is 30.9. The molecule has 36 nitrogen and oxygen atoms in total. The first-order valence-electron chi connectivity index (χ1n) is 36.1. The predicted octanol–water partition coefficient (Wildman–Crippen LogP) is 15.5. The van der Waals surface area contributed by atoms with E-state index < -0.39 is 0 Å². The Hall–Kier alpha value is -12.1. The van der Waals surface area contributed by atoms with Gasteiger partial charge in [0.2, 0.25) is 26.4 Å². The fraction of sp³-hybridized carbons (Fsp3) is 0.297. The summed E-state index contributed by atoms with van der Waals surface area (Å²) in [7, 11) is 0. The third-order valence-corrected chi connectivity index (χ3v) is 18.8. The Morgan fingerprint density at radius 2 is 0.847 bits per heavy atom. The molecule has 16 aromatic rings. The molecule has 16 heterocycles. The average Bonchev–Trinajstić information content (AvgIpc) is 1.68. The zero-order chi connectivity index (χ0) is 82.2. The number of hydrogen-bond donors (Lipinski definition) is 10. The smallest absolute Gasteiger partial charge is 0.297 e. The summed E-state index contributed by atoms with van der Waals surface area (Å²) < 4.78 is 44.0. The number of aromatic amines is 5. The van der Waals surface area contributed by atoms with E-state index in [2.05, 4.69) is 200 Å². The second kappa shape index (κ2) is 41.2. The van der Waals surface area contributed by atoms with Gasteiger partial charge in [0.25, 0.3) is 30.1 Å². The number of aromatic nitrogens is 23. The van der Waals surface area contributed by atoms with Crippen molar-refractivity contribution >= 4 is 177 Å². The van der Waals surface area contributed by atoms with E-state index in [1.54, 1.807) is 72.1 Å². The van der Waals surface area contributed by atoms with Crippen molar-refractivity contribution in [2.75, 3.05) is 66.2 Å². The summed E-state index contributed by atoms with van der Waals surface area (Å²) >= 11 is 34.5. The second-order valence-electron chi connectivity index (χ2n) is 26.3. The number of nitrogens with zero attached hydrogens (tertiary/aromatic N) is 18. The lowest BCUT2D eigenvalue weighted by molar-refractivity contribution is 0.0650. The summed E-state index contributed by atoms with van der Waals surface area (Å²) in [4.78, 5) is 90.9. The molecule has 610 valence electrons. The third kappa shape index (κ3) is 24.8. The molecule has 1 saturated heterocycles. The molecule has 0 aliphatic carbocycles. The standard InChI is InChI=1S/C18H13ClN6OS.C15H18ClN5O2.C14H15ClN6O2S.C14H16ClN5O2.C13H11ClN6OS/c19-17-23-15(21-11-13-20-8-10-27-13)14-16(24-17)25-18(22-14)26-9-4-7-12-5-2-1-3-6-12;1-15(2,3)8-23-14-18-10-11(17-7-9-5-4-6-22-9)19-13(16)20-12(10)21-14;15-13-19-11(17-6-9-16-3-5-24-9)10-12(20-13)21-14(18-10)23-7-8-2-1-4-22-8;1-8(2)7-22-14-17-10-11(16-6-9-4-3-5-21-9)18-13(15)19-12(10)20-14;1-2-3-5-21-13-17-9-10(16-7-8-15-4-6-22-8)18-12(14)19-11(9)20-13/h1-3,5-6,8,10H,9,11H2,(H2,21,22,23,24,25);4-6H,7-8H2,1-3H3,(H2,17,18,19,20,21);3,5,8H,1-2,4,6-7H2,(H2,17,18,19,20,21);3-5,8H,6-7H2,1-2H3,(H2,16,17,18,19,20);4,6H,5,7H2,1H3,(H2,16,17,18,19,20)/t;;8-;;/m..0../s1. The SMILES string of the molecule is CC#CCOc1nc2nc(Cl)nc(NCc3nccs3)c2[nH]1.CC(C)(C)COc1nc2nc(Cl)nc(NCc3ccco3)c2[nH]1.CC(C)COc1nc2nc(Cl)nc(NCc3ccco3)c2[nH]1.Clc1nc(NCc2nccs2)c2[nH]c(OCC#Cc3ccccc3)nc2n1.Clc1nc(NCc2nccs2)c2[nH]c(OC[C@@H]3CCCO3)nc2n1. The lowest BCUT2D eigenvalue weighted by Gasteiger charge is -2.16. The highest BCUT2D eigenvalue weighted by atomic mass is 35.5. The summed E-state index contributed by atoms with van der Waals surface area (Å²) in [5.41, 5.74) is 6.36. The van der Waals surface area contributed by atoms with Gasteiger partial charge in [0.1, 0.15) is 60.7 Å². The first-order valence-corrected chi connectivity index (χ1v) is 40.6. The number of thiazole rings is 3. The van der Waals surface area contributed by atoms with Crippen LogP contribution >= 0.6 is 92.0 Å². The van der Waals surface area contributed by atoms with Crippen LogP contribution in [0.25, 0.3) is 55.8 Å². The summed E-state index contributed by atoms with van der Waals surface area (Å²) in [6.07, 6.45) is 10.7. The molecule has 0 spiro atoms. The van der Waals surface area contributed by atoms with Crippen molar-refractivity contribution in [1.82, 2.24) is 115 Å². The molecular formula is C74H73Cl5N28O8S3. The molecule has 10 N–H and O–H groups in total. The number of benzene rings is 1. The Balaban J connectivity index is 0.000000128. The Kier molecular flexibility index (Phi) is 29.3. The summed E-state index contributed by atoms with van der Waals surface area (Å²) in [6.45, 7) is 17.5. The Bertz CT molecular complexity index is 5980. The Labute approximate surface area is 708 Å². The number of ether oxygens (including phenoxy) is 6. The monoisotopic (exact) mass is 1750 g/mol. The van der Waals surface area contributed by atoms with Crippen LogP contribution in [0.4, 0.5) is 29.1 Å². The van der Waals surface area contributed by atoms with Crippen LogP contribution in [-0.2, 0) is 37.5 Å². The molecule has 0 unspecified atom stereocenters. The highest BCUT2D eigenvalue weighted by molar-refractivity contribution is 7.10. The number of halogens is 5. The third-order valence-electron chi connectivity index (χ3n) is 15.6. The van der Waals surface area contributed by atoms with Gasteiger partial charge in [-0.15, -0.1) is 39.9 Å². The van der Waals surface area contributed by atoms with Crippen molar-refractivity contribution in [3.05, 3.63) is 160 Å². The van der Waals surface area contributed by atoms with Gasteiger partial charge in [-0.3, -0.25) is 0 Å². The van der Waals surface area contributed by atoms with Gasteiger partial charge in [0.05, 0.1) is 64.6 Å². The molecule has 17 rings (SSSR count). The van der Waals surface area contributed by atoms with Crippen LogP contribution in [0.2, 0.25) is 26.4 Å². The normalized spacial score (nSPS) is 12.3. The van der Waals surface area contributed by atoms with Crippen molar-refractivity contribution in [3.8, 4) is 53.7 Å². The van der Waals surface area contributed by atoms with E-state index >= 15 is 0 Å². The molecular weight excluding hydrogens is 1680 g/mol. The Morgan fingerprint density at radius 1 is 0.466 bits per heavy atom. The Morgan fingerprint density at radius 3 is 1.19 bits per heavy atom. The van der Waals surface area contributed by atoms with Gasteiger partial charge >= 0.3 is 0 Å². The molecule has 118 heavy (non-hydrogen) atoms. The molecule has 1 aromatic carbocycles. The molecule has 1 aliphatic heterocycles. The molecule has 0 bridgehead atoms. The highest BCUT2D eigenvalue weighted by Gasteiger charge is 2.22. The van der Waals surface area contributed by atoms with Crippen LogP contribution in [0.5, 0.6) is 30.1 Å². The van der Waals surface area contributed by atoms with Gasteiger partial charge in [-0.1, -0.05) is 70.6 Å². The van der Waals surface area contributed by atoms with Crippen molar-refractivity contribution in [2.24, 2.45) is 11.3 Å². The van der Waals surface area contributed by atoms with E-state index in [-0.39, 0.29) is 51.2 Å². The molecule has 1 aliphatic rings. The quantitative estimate of drug-likeness (QED) is 0.0169. The minimum absolute atomic E-state index is 0.0304. The number of anilines is 5. The minimum atomic E-state index is 0.0304. The first kappa shape index (κ1) is 83.9. The van der Waals surface area contributed by atoms with Crippen LogP contribution in [0.3, 0.4) is 0 Å². The van der Waals surface area contributed by atoms with Crippen LogP contribution in [0.1, 0.15) is 86.5 Å². The summed E-state index contributed by atoms with van der Waals surface area (Å²) in [5, 5.41) is 25.0. The number of H-pyrrole nitrogens is 5. The van der Waals surface area contributed by atoms with Crippen molar-refractivity contribution in [2.45, 2.75) is 93.2 Å². The van der Waals surface area contributed by atoms with Crippen LogP contribution < -0.4 is 50.3 Å². The fourth-order valence-electron chi connectivity index (χ4n) is 10.3.